The second kappa shape index (κ2) is 8.56. The van der Waals surface area contributed by atoms with Gasteiger partial charge in [-0.2, -0.15) is 0 Å². The van der Waals surface area contributed by atoms with E-state index in [-0.39, 0.29) is 0 Å². The number of hydrogen-bond donors (Lipinski definition) is 6. The summed E-state index contributed by atoms with van der Waals surface area (Å²) in [5.74, 6) is 0. The van der Waals surface area contributed by atoms with Crippen molar-refractivity contribution >= 4 is 0 Å². The van der Waals surface area contributed by atoms with Crippen molar-refractivity contribution in [1.82, 2.24) is 0 Å². The maximum atomic E-state index is 10.0. The lowest BCUT2D eigenvalue weighted by atomic mass is 9.96. The first-order valence-electron chi connectivity index (χ1n) is 7.87. The third-order valence-electron chi connectivity index (χ3n) is 4.37. The van der Waals surface area contributed by atoms with Crippen LogP contribution in [-0.2, 0) is 14.2 Å². The van der Waals surface area contributed by atoms with E-state index in [2.05, 4.69) is 10.0 Å². The Bertz CT molecular complexity index is 489. The van der Waals surface area contributed by atoms with Crippen LogP contribution in [0.4, 0.5) is 0 Å². The van der Waals surface area contributed by atoms with Crippen molar-refractivity contribution in [3.8, 4) is 0 Å². The van der Waals surface area contributed by atoms with Gasteiger partial charge in [-0.25, -0.2) is 0 Å². The average molecular weight is 365 g/mol. The first-order chi connectivity index (χ1) is 11.8. The van der Waals surface area contributed by atoms with Crippen LogP contribution in [0.1, 0.15) is 13.3 Å². The van der Waals surface area contributed by atoms with E-state index in [1.165, 1.54) is 0 Å². The van der Waals surface area contributed by atoms with Gasteiger partial charge in [-0.3, -0.25) is 0 Å². The number of azide groups is 1. The van der Waals surface area contributed by atoms with Gasteiger partial charge in [0.25, 0.3) is 0 Å². The van der Waals surface area contributed by atoms with Crippen LogP contribution in [0.15, 0.2) is 5.11 Å². The van der Waals surface area contributed by atoms with E-state index < -0.39 is 68.0 Å². The van der Waals surface area contributed by atoms with Crippen molar-refractivity contribution in [2.45, 2.75) is 74.7 Å². The van der Waals surface area contributed by atoms with Gasteiger partial charge in [0.05, 0.1) is 18.8 Å². The zero-order chi connectivity index (χ0) is 18.7. The summed E-state index contributed by atoms with van der Waals surface area (Å²) in [7, 11) is 0. The fourth-order valence-corrected chi connectivity index (χ4v) is 2.86. The van der Waals surface area contributed by atoms with Gasteiger partial charge in [0.15, 0.2) is 12.6 Å². The maximum Gasteiger partial charge on any atom is 0.189 e. The van der Waals surface area contributed by atoms with E-state index in [4.69, 9.17) is 19.7 Å². The Morgan fingerprint density at radius 3 is 2.08 bits per heavy atom. The fraction of sp³-hybridized carbons (Fsp3) is 1.00. The topological polar surface area (TPSA) is 198 Å². The summed E-state index contributed by atoms with van der Waals surface area (Å²) in [6.45, 7) is 1.05. The van der Waals surface area contributed by atoms with E-state index >= 15 is 0 Å². The molecule has 2 fully saturated rings. The van der Waals surface area contributed by atoms with Gasteiger partial charge in [0, 0.05) is 4.91 Å². The predicted octanol–water partition coefficient (Wildman–Crippen LogP) is -2.66. The van der Waals surface area contributed by atoms with Crippen LogP contribution in [0.25, 0.3) is 10.4 Å². The van der Waals surface area contributed by atoms with Crippen LogP contribution >= 0.6 is 0 Å². The number of rotatable bonds is 5. The van der Waals surface area contributed by atoms with E-state index in [9.17, 15) is 30.6 Å². The molecule has 2 rings (SSSR count). The van der Waals surface area contributed by atoms with Crippen LogP contribution in [0, 0.1) is 0 Å². The Morgan fingerprint density at radius 1 is 0.920 bits per heavy atom. The molecule has 0 amide bonds. The standard InChI is InChI=1S/C13H23N3O9/c1-2-4-7(18)10(21)11(22)13(23-4)25-12-6(15-16-14)9(20)8(19)5(3-17)24-12/h4-13,17-22H,2-3H2,1H3/t4?,5?,6?,7-,8-,9-,10?,11-,12-,13-/m1/s1. The largest absolute Gasteiger partial charge is 0.394 e. The summed E-state index contributed by atoms with van der Waals surface area (Å²) in [5.41, 5.74) is 8.63. The second-order valence-corrected chi connectivity index (χ2v) is 5.96. The highest BCUT2D eigenvalue weighted by molar-refractivity contribution is 4.95. The number of hydrogen-bond acceptors (Lipinski definition) is 10. The number of ether oxygens (including phenoxy) is 3. The summed E-state index contributed by atoms with van der Waals surface area (Å²) >= 11 is 0. The minimum Gasteiger partial charge on any atom is -0.394 e. The Kier molecular flexibility index (Phi) is 6.93. The first kappa shape index (κ1) is 20.3. The number of nitrogens with zero attached hydrogens (tertiary/aromatic N) is 3. The Labute approximate surface area is 142 Å². The van der Waals surface area contributed by atoms with Crippen molar-refractivity contribution in [3.63, 3.8) is 0 Å². The Hall–Kier alpha value is -1.05. The molecule has 2 aliphatic heterocycles. The fourth-order valence-electron chi connectivity index (χ4n) is 2.86. The molecule has 0 aromatic carbocycles. The van der Waals surface area contributed by atoms with Crippen molar-refractivity contribution in [2.24, 2.45) is 5.11 Å². The molecular weight excluding hydrogens is 342 g/mol. The first-order valence-corrected chi connectivity index (χ1v) is 7.87. The van der Waals surface area contributed by atoms with Crippen molar-refractivity contribution in [1.29, 1.82) is 0 Å². The Morgan fingerprint density at radius 2 is 1.52 bits per heavy atom. The molecule has 25 heavy (non-hydrogen) atoms. The van der Waals surface area contributed by atoms with E-state index in [0.29, 0.717) is 6.42 Å². The van der Waals surface area contributed by atoms with Crippen molar-refractivity contribution in [2.75, 3.05) is 6.61 Å². The summed E-state index contributed by atoms with van der Waals surface area (Å²) in [4.78, 5) is 2.55. The minimum absolute atomic E-state index is 0.316. The zero-order valence-electron chi connectivity index (χ0n) is 13.4. The van der Waals surface area contributed by atoms with Gasteiger partial charge in [-0.05, 0) is 12.0 Å². The molecule has 0 aromatic rings. The zero-order valence-corrected chi connectivity index (χ0v) is 13.4. The highest BCUT2D eigenvalue weighted by atomic mass is 16.8. The van der Waals surface area contributed by atoms with Gasteiger partial charge in [0.2, 0.25) is 0 Å². The molecule has 10 atom stereocenters. The highest BCUT2D eigenvalue weighted by Crippen LogP contribution is 2.30. The van der Waals surface area contributed by atoms with Crippen LogP contribution < -0.4 is 0 Å². The molecule has 0 radical (unpaired) electrons. The van der Waals surface area contributed by atoms with Crippen molar-refractivity contribution in [3.05, 3.63) is 10.4 Å². The summed E-state index contributed by atoms with van der Waals surface area (Å²) < 4.78 is 16.1. The lowest BCUT2D eigenvalue weighted by Gasteiger charge is -2.45. The molecule has 4 unspecified atom stereocenters. The quantitative estimate of drug-likeness (QED) is 0.171. The second-order valence-electron chi connectivity index (χ2n) is 5.96. The molecule has 0 bridgehead atoms. The average Bonchev–Trinajstić information content (AvgIpc) is 2.61. The molecule has 0 aliphatic carbocycles. The van der Waals surface area contributed by atoms with Gasteiger partial charge >= 0.3 is 0 Å². The molecule has 6 N–H and O–H groups in total. The smallest absolute Gasteiger partial charge is 0.189 e. The maximum absolute atomic E-state index is 10.0. The molecule has 2 saturated heterocycles. The number of aliphatic hydroxyl groups is 6. The lowest BCUT2D eigenvalue weighted by Crippen LogP contribution is -2.62. The normalized spacial score (nSPS) is 48.0. The minimum atomic E-state index is -1.63. The molecule has 0 saturated carbocycles. The third kappa shape index (κ3) is 4.04. The highest BCUT2D eigenvalue weighted by Gasteiger charge is 2.49. The van der Waals surface area contributed by atoms with Gasteiger partial charge in [0.1, 0.15) is 36.6 Å². The molecule has 0 aromatic heterocycles. The molecule has 2 aliphatic rings. The molecule has 12 nitrogen and oxygen atoms in total. The third-order valence-corrected chi connectivity index (χ3v) is 4.37. The molecule has 12 heteroatoms. The van der Waals surface area contributed by atoms with E-state index in [1.807, 2.05) is 0 Å². The van der Waals surface area contributed by atoms with E-state index in [1.54, 1.807) is 6.92 Å². The van der Waals surface area contributed by atoms with Crippen LogP contribution in [0.2, 0.25) is 0 Å². The van der Waals surface area contributed by atoms with Gasteiger partial charge in [-0.15, -0.1) is 0 Å². The monoisotopic (exact) mass is 365 g/mol. The predicted molar refractivity (Wildman–Crippen MR) is 78.8 cm³/mol. The Balaban J connectivity index is 2.18. The summed E-state index contributed by atoms with van der Waals surface area (Å²) in [6, 6.07) is -1.39. The van der Waals surface area contributed by atoms with E-state index in [0.717, 1.165) is 0 Å². The lowest BCUT2D eigenvalue weighted by molar-refractivity contribution is -0.359. The molecule has 0 spiro atoms. The summed E-state index contributed by atoms with van der Waals surface area (Å²) in [5, 5.41) is 62.2. The SMILES string of the molecule is CCC1O[C@H](O[C@H]2OC(CO)[C@@H](O)[C@H](O)C2N=[N+]=[N-])[C@H](O)C(O)[C@@H]1O. The van der Waals surface area contributed by atoms with Gasteiger partial charge in [-0.1, -0.05) is 12.0 Å². The number of aliphatic hydroxyl groups excluding tert-OH is 6. The van der Waals surface area contributed by atoms with Crippen LogP contribution in [0.5, 0.6) is 0 Å². The summed E-state index contributed by atoms with van der Waals surface area (Å²) in [6.07, 6.45) is -12.3. The van der Waals surface area contributed by atoms with Gasteiger partial charge < -0.3 is 44.8 Å². The van der Waals surface area contributed by atoms with Crippen LogP contribution in [0.3, 0.4) is 0 Å². The molecule has 144 valence electrons. The molecular formula is C13H23N3O9. The van der Waals surface area contributed by atoms with Crippen molar-refractivity contribution < 1.29 is 44.8 Å². The van der Waals surface area contributed by atoms with Crippen LogP contribution in [-0.4, -0.2) is 98.6 Å². The molecule has 2 heterocycles.